The highest BCUT2D eigenvalue weighted by molar-refractivity contribution is 5.79. The van der Waals surface area contributed by atoms with Crippen LogP contribution >= 0.6 is 0 Å². The van der Waals surface area contributed by atoms with E-state index < -0.39 is 0 Å². The van der Waals surface area contributed by atoms with Crippen molar-refractivity contribution < 1.29 is 0 Å². The molecule has 0 spiro atoms. The summed E-state index contributed by atoms with van der Waals surface area (Å²) in [4.78, 5) is 4.34. The molecule has 0 unspecified atom stereocenters. The predicted octanol–water partition coefficient (Wildman–Crippen LogP) is 2.98. The largest absolute Gasteiger partial charge is 0.356 e. The smallest absolute Gasteiger partial charge is 0.191 e. The van der Waals surface area contributed by atoms with Crippen LogP contribution in [0.25, 0.3) is 5.65 Å². The van der Waals surface area contributed by atoms with E-state index in [2.05, 4.69) is 70.9 Å². The van der Waals surface area contributed by atoms with Crippen LogP contribution in [0.4, 0.5) is 0 Å². The molecule has 0 saturated carbocycles. The molecule has 0 fully saturated rings. The SMILES string of the molecule is CCc1ccc(C(C)(C)CNC(=NC)NCCc2nnc3ccccn23)cc1. The second-order valence-corrected chi connectivity index (χ2v) is 7.58. The maximum Gasteiger partial charge on any atom is 0.191 e. The third-order valence-corrected chi connectivity index (χ3v) is 5.09. The first kappa shape index (κ1) is 19.9. The van der Waals surface area contributed by atoms with Crippen LogP contribution in [0, 0.1) is 0 Å². The third kappa shape index (κ3) is 4.68. The van der Waals surface area contributed by atoms with E-state index in [9.17, 15) is 0 Å². The number of fused-ring (bicyclic) bond motifs is 1. The Labute approximate surface area is 167 Å². The molecule has 2 heterocycles. The van der Waals surface area contributed by atoms with Crippen molar-refractivity contribution in [1.82, 2.24) is 25.2 Å². The molecule has 0 saturated heterocycles. The van der Waals surface area contributed by atoms with E-state index >= 15 is 0 Å². The molecular formula is C22H30N6. The van der Waals surface area contributed by atoms with E-state index in [1.54, 1.807) is 7.05 Å². The average molecular weight is 379 g/mol. The number of guanidine groups is 1. The lowest BCUT2D eigenvalue weighted by Crippen LogP contribution is -2.44. The van der Waals surface area contributed by atoms with Crippen LogP contribution in [-0.4, -0.2) is 40.7 Å². The standard InChI is InChI=1S/C22H30N6/c1-5-17-9-11-18(12-10-17)22(2,3)16-25-21(23-4)24-14-13-20-27-26-19-8-6-7-15-28(19)20/h6-12,15H,5,13-14,16H2,1-4H3,(H2,23,24,25). The fourth-order valence-electron chi connectivity index (χ4n) is 3.17. The van der Waals surface area contributed by atoms with E-state index in [1.165, 1.54) is 11.1 Å². The van der Waals surface area contributed by atoms with Gasteiger partial charge in [-0.25, -0.2) is 0 Å². The molecule has 0 aliphatic heterocycles. The Morgan fingerprint density at radius 1 is 1.07 bits per heavy atom. The van der Waals surface area contributed by atoms with E-state index in [0.717, 1.165) is 43.4 Å². The van der Waals surface area contributed by atoms with Crippen LogP contribution < -0.4 is 10.6 Å². The van der Waals surface area contributed by atoms with Crippen molar-refractivity contribution in [3.8, 4) is 0 Å². The van der Waals surface area contributed by atoms with E-state index in [1.807, 2.05) is 28.8 Å². The van der Waals surface area contributed by atoms with Crippen molar-refractivity contribution in [2.45, 2.75) is 39.0 Å². The Morgan fingerprint density at radius 3 is 2.57 bits per heavy atom. The first-order valence-electron chi connectivity index (χ1n) is 9.86. The number of nitrogens with one attached hydrogen (secondary N) is 2. The zero-order chi connectivity index (χ0) is 20.0. The Hall–Kier alpha value is -2.89. The quantitative estimate of drug-likeness (QED) is 0.490. The molecular weight excluding hydrogens is 348 g/mol. The zero-order valence-electron chi connectivity index (χ0n) is 17.2. The minimum atomic E-state index is 0.00704. The number of hydrogen-bond acceptors (Lipinski definition) is 3. The van der Waals surface area contributed by atoms with Gasteiger partial charge in [0, 0.05) is 38.2 Å². The summed E-state index contributed by atoms with van der Waals surface area (Å²) in [6.07, 6.45) is 3.83. The first-order chi connectivity index (χ1) is 13.5. The number of aryl methyl sites for hydroxylation is 1. The normalized spacial score (nSPS) is 12.4. The second-order valence-electron chi connectivity index (χ2n) is 7.58. The molecule has 0 amide bonds. The fraction of sp³-hybridized carbons (Fsp3) is 0.409. The van der Waals surface area contributed by atoms with Gasteiger partial charge < -0.3 is 10.6 Å². The molecule has 6 heteroatoms. The van der Waals surface area contributed by atoms with Gasteiger partial charge in [0.15, 0.2) is 11.6 Å². The molecule has 3 aromatic rings. The van der Waals surface area contributed by atoms with Crippen molar-refractivity contribution in [2.75, 3.05) is 20.1 Å². The van der Waals surface area contributed by atoms with Gasteiger partial charge in [0.1, 0.15) is 5.82 Å². The number of rotatable bonds is 7. The molecule has 148 valence electrons. The maximum atomic E-state index is 4.34. The van der Waals surface area contributed by atoms with Crippen molar-refractivity contribution in [2.24, 2.45) is 4.99 Å². The molecule has 6 nitrogen and oxygen atoms in total. The Balaban J connectivity index is 1.52. The minimum absolute atomic E-state index is 0.00704. The topological polar surface area (TPSA) is 66.6 Å². The molecule has 0 radical (unpaired) electrons. The summed E-state index contributed by atoms with van der Waals surface area (Å²) in [7, 11) is 1.80. The van der Waals surface area contributed by atoms with Crippen molar-refractivity contribution in [3.05, 3.63) is 65.6 Å². The lowest BCUT2D eigenvalue weighted by atomic mass is 9.84. The molecule has 0 atom stereocenters. The van der Waals surface area contributed by atoms with Gasteiger partial charge in [0.2, 0.25) is 0 Å². The number of pyridine rings is 1. The molecule has 2 aromatic heterocycles. The van der Waals surface area contributed by atoms with Crippen molar-refractivity contribution in [3.63, 3.8) is 0 Å². The third-order valence-electron chi connectivity index (χ3n) is 5.09. The summed E-state index contributed by atoms with van der Waals surface area (Å²) >= 11 is 0. The Morgan fingerprint density at radius 2 is 1.86 bits per heavy atom. The molecule has 0 aliphatic rings. The molecule has 28 heavy (non-hydrogen) atoms. The van der Waals surface area contributed by atoms with Crippen LogP contribution in [0.15, 0.2) is 53.7 Å². The predicted molar refractivity (Wildman–Crippen MR) is 115 cm³/mol. The molecule has 2 N–H and O–H groups in total. The Kier molecular flexibility index (Phi) is 6.29. The fourth-order valence-corrected chi connectivity index (χ4v) is 3.17. The molecule has 3 rings (SSSR count). The van der Waals surface area contributed by atoms with Gasteiger partial charge in [-0.15, -0.1) is 10.2 Å². The summed E-state index contributed by atoms with van der Waals surface area (Å²) < 4.78 is 2.01. The van der Waals surface area contributed by atoms with E-state index in [0.29, 0.717) is 0 Å². The van der Waals surface area contributed by atoms with Gasteiger partial charge in [-0.2, -0.15) is 0 Å². The monoisotopic (exact) mass is 378 g/mol. The highest BCUT2D eigenvalue weighted by atomic mass is 15.2. The van der Waals surface area contributed by atoms with Crippen molar-refractivity contribution >= 4 is 11.6 Å². The average Bonchev–Trinajstić information content (AvgIpc) is 3.13. The summed E-state index contributed by atoms with van der Waals surface area (Å²) in [6, 6.07) is 14.8. The maximum absolute atomic E-state index is 4.34. The van der Waals surface area contributed by atoms with E-state index in [-0.39, 0.29) is 5.41 Å². The number of nitrogens with zero attached hydrogens (tertiary/aromatic N) is 4. The number of benzene rings is 1. The van der Waals surface area contributed by atoms with Crippen LogP contribution in [0.3, 0.4) is 0 Å². The van der Waals surface area contributed by atoms with Gasteiger partial charge in [0.05, 0.1) is 0 Å². The Bertz CT molecular complexity index is 924. The summed E-state index contributed by atoms with van der Waals surface area (Å²) in [5, 5.41) is 15.3. The van der Waals surface area contributed by atoms with Crippen LogP contribution in [0.1, 0.15) is 37.7 Å². The van der Waals surface area contributed by atoms with E-state index in [4.69, 9.17) is 0 Å². The van der Waals surface area contributed by atoms with Crippen molar-refractivity contribution in [1.29, 1.82) is 0 Å². The lowest BCUT2D eigenvalue weighted by Gasteiger charge is -2.27. The van der Waals surface area contributed by atoms with Crippen LogP contribution in [0.5, 0.6) is 0 Å². The second kappa shape index (κ2) is 8.87. The van der Waals surface area contributed by atoms with Gasteiger partial charge in [-0.05, 0) is 29.7 Å². The van der Waals surface area contributed by atoms with Crippen LogP contribution in [0.2, 0.25) is 0 Å². The minimum Gasteiger partial charge on any atom is -0.356 e. The summed E-state index contributed by atoms with van der Waals surface area (Å²) in [5.74, 6) is 1.74. The number of hydrogen-bond donors (Lipinski definition) is 2. The highest BCUT2D eigenvalue weighted by Gasteiger charge is 2.20. The van der Waals surface area contributed by atoms with Gasteiger partial charge in [-0.1, -0.05) is 51.1 Å². The zero-order valence-corrected chi connectivity index (χ0v) is 17.2. The highest BCUT2D eigenvalue weighted by Crippen LogP contribution is 2.22. The summed E-state index contributed by atoms with van der Waals surface area (Å²) in [5.41, 5.74) is 3.57. The number of aromatic nitrogens is 3. The first-order valence-corrected chi connectivity index (χ1v) is 9.86. The van der Waals surface area contributed by atoms with Gasteiger partial charge in [-0.3, -0.25) is 9.39 Å². The number of aliphatic imine (C=N–C) groups is 1. The van der Waals surface area contributed by atoms with Gasteiger partial charge >= 0.3 is 0 Å². The molecule has 1 aromatic carbocycles. The molecule has 0 aliphatic carbocycles. The molecule has 0 bridgehead atoms. The van der Waals surface area contributed by atoms with Gasteiger partial charge in [0.25, 0.3) is 0 Å². The lowest BCUT2D eigenvalue weighted by molar-refractivity contribution is 0.508. The van der Waals surface area contributed by atoms with Crippen LogP contribution in [-0.2, 0) is 18.3 Å². The summed E-state index contributed by atoms with van der Waals surface area (Å²) in [6.45, 7) is 8.21.